The number of hydrogen-bond donors (Lipinski definition) is 0. The van der Waals surface area contributed by atoms with E-state index in [0.29, 0.717) is 0 Å². The van der Waals surface area contributed by atoms with E-state index >= 15 is 0 Å². The first-order valence-corrected chi connectivity index (χ1v) is 0. The SMILES string of the molecule is S.[CaH2].[InH3].[Ti]. The third-order valence-electron chi connectivity index (χ3n) is 0. The van der Waals surface area contributed by atoms with Gasteiger partial charge in [-0.15, -0.1) is 0 Å². The van der Waals surface area contributed by atoms with Gasteiger partial charge in [-0.1, -0.05) is 0 Å². The van der Waals surface area contributed by atoms with Gasteiger partial charge in [-0.25, -0.2) is 0 Å². The van der Waals surface area contributed by atoms with Crippen LogP contribution in [0.1, 0.15) is 0 Å². The summed E-state index contributed by atoms with van der Waals surface area (Å²) in [7, 11) is 0. The van der Waals surface area contributed by atoms with Crippen molar-refractivity contribution in [2.24, 2.45) is 0 Å². The van der Waals surface area contributed by atoms with Gasteiger partial charge >= 0.3 is 63.6 Å². The molecule has 0 aliphatic rings. The van der Waals surface area contributed by atoms with Gasteiger partial charge < -0.3 is 0 Å². The molecule has 0 radical (unpaired) electrons. The zero-order valence-electron chi connectivity index (χ0n) is 1.00. The zero-order chi connectivity index (χ0) is 0. The summed E-state index contributed by atoms with van der Waals surface area (Å²) >= 11 is 0. The van der Waals surface area contributed by atoms with E-state index in [1.165, 1.54) is 0 Å². The third-order valence-corrected chi connectivity index (χ3v) is 0. The molecule has 0 heterocycles. The second kappa shape index (κ2) is 16.4. The fourth-order valence-corrected chi connectivity index (χ4v) is 0. The van der Waals surface area contributed by atoms with Crippen LogP contribution >= 0.6 is 13.5 Å². The Labute approximate surface area is 96.6 Å². The zero-order valence-corrected chi connectivity index (χ0v) is 3.56. The van der Waals surface area contributed by atoms with Gasteiger partial charge in [0.2, 0.25) is 0 Å². The molecular formula is H7CaInSTi. The summed E-state index contributed by atoms with van der Waals surface area (Å²) in [4.78, 5) is 0. The average molecular weight is 242 g/mol. The Kier molecular flexibility index (Phi) is 111. The van der Waals surface area contributed by atoms with Crippen LogP contribution < -0.4 is 0 Å². The molecule has 0 N–H and O–H groups in total. The summed E-state index contributed by atoms with van der Waals surface area (Å²) < 4.78 is 0. The molecule has 0 fully saturated rings. The first-order chi connectivity index (χ1) is 0. The Balaban J connectivity index is 0. The molecule has 0 spiro atoms. The number of hydrogen-bond acceptors (Lipinski definition) is 0. The standard InChI is InChI=1S/Ca.In.H2S.Ti.5H/h;;1H2;;;;;;. The van der Waals surface area contributed by atoms with Crippen molar-refractivity contribution < 1.29 is 21.7 Å². The van der Waals surface area contributed by atoms with E-state index in [1.807, 2.05) is 0 Å². The van der Waals surface area contributed by atoms with Gasteiger partial charge in [0.15, 0.2) is 0 Å². The second-order valence-corrected chi connectivity index (χ2v) is 0. The van der Waals surface area contributed by atoms with Crippen molar-refractivity contribution in [1.82, 2.24) is 0 Å². The van der Waals surface area contributed by atoms with Crippen LogP contribution in [0.25, 0.3) is 0 Å². The summed E-state index contributed by atoms with van der Waals surface area (Å²) in [6.07, 6.45) is 0. The summed E-state index contributed by atoms with van der Waals surface area (Å²) in [6.45, 7) is 0. The maximum atomic E-state index is 0. The van der Waals surface area contributed by atoms with Gasteiger partial charge in [0, 0.05) is 21.7 Å². The number of rotatable bonds is 0. The minimum absolute atomic E-state index is 0. The van der Waals surface area contributed by atoms with Crippen molar-refractivity contribution in [2.45, 2.75) is 0 Å². The van der Waals surface area contributed by atoms with Crippen LogP contribution in [0.3, 0.4) is 0 Å². The Morgan fingerprint density at radius 2 is 1.00 bits per heavy atom. The molecule has 0 nitrogen and oxygen atoms in total. The normalized spacial score (nSPS) is 0. The average Bonchev–Trinajstić information content (AvgIpc) is 0. The minimum Gasteiger partial charge on any atom is 0 e. The molecule has 4 heteroatoms. The van der Waals surface area contributed by atoms with Crippen molar-refractivity contribution >= 4 is 77.1 Å². The maximum absolute atomic E-state index is 0. The van der Waals surface area contributed by atoms with Crippen LogP contribution in [0.5, 0.6) is 0 Å². The van der Waals surface area contributed by atoms with Gasteiger partial charge in [0.25, 0.3) is 0 Å². The molecule has 0 aromatic rings. The molecule has 0 aromatic heterocycles. The molecule has 0 aliphatic heterocycles. The Morgan fingerprint density at radius 1 is 1.00 bits per heavy atom. The van der Waals surface area contributed by atoms with Crippen molar-refractivity contribution in [3.63, 3.8) is 0 Å². The molecule has 0 saturated carbocycles. The quantitative estimate of drug-likeness (QED) is 0.431. The van der Waals surface area contributed by atoms with E-state index in [9.17, 15) is 0 Å². The summed E-state index contributed by atoms with van der Waals surface area (Å²) in [6, 6.07) is 0. The molecule has 0 rings (SSSR count). The molecule has 0 atom stereocenters. The van der Waals surface area contributed by atoms with Crippen molar-refractivity contribution in [2.75, 3.05) is 0 Å². The van der Waals surface area contributed by atoms with Gasteiger partial charge in [-0.2, -0.15) is 13.5 Å². The summed E-state index contributed by atoms with van der Waals surface area (Å²) in [5.41, 5.74) is 0. The van der Waals surface area contributed by atoms with Gasteiger partial charge in [-0.3, -0.25) is 0 Å². The molecule has 0 aliphatic carbocycles. The van der Waals surface area contributed by atoms with E-state index in [2.05, 4.69) is 0 Å². The molecule has 22 valence electrons. The van der Waals surface area contributed by atoms with Crippen molar-refractivity contribution in [3.05, 3.63) is 0 Å². The van der Waals surface area contributed by atoms with Gasteiger partial charge in [0.1, 0.15) is 0 Å². The topological polar surface area (TPSA) is 0 Å². The maximum Gasteiger partial charge on any atom is 0 e. The van der Waals surface area contributed by atoms with Crippen LogP contribution in [0.15, 0.2) is 0 Å². The van der Waals surface area contributed by atoms with Crippen molar-refractivity contribution in [3.8, 4) is 0 Å². The monoisotopic (exact) mass is 242 g/mol. The molecule has 0 bridgehead atoms. The summed E-state index contributed by atoms with van der Waals surface area (Å²) in [5.74, 6) is 0. The van der Waals surface area contributed by atoms with Crippen molar-refractivity contribution in [1.29, 1.82) is 0 Å². The van der Waals surface area contributed by atoms with Crippen LogP contribution in [0.2, 0.25) is 0 Å². The van der Waals surface area contributed by atoms with E-state index < -0.39 is 0 Å². The van der Waals surface area contributed by atoms with Crippen LogP contribution in [-0.4, -0.2) is 63.6 Å². The molecule has 0 saturated heterocycles. The van der Waals surface area contributed by atoms with Gasteiger partial charge in [-0.05, 0) is 0 Å². The minimum atomic E-state index is 0. The Bertz CT molecular complexity index is 8.00. The van der Waals surface area contributed by atoms with E-state index in [4.69, 9.17) is 0 Å². The van der Waals surface area contributed by atoms with E-state index in [1.54, 1.807) is 0 Å². The van der Waals surface area contributed by atoms with E-state index in [0.717, 1.165) is 0 Å². The fraction of sp³-hybridized carbons (Fsp3) is 0. The first kappa shape index (κ1) is 27.1. The predicted molar refractivity (Wildman–Crippen MR) is 28.9 cm³/mol. The third kappa shape index (κ3) is 8.96. The van der Waals surface area contributed by atoms with Gasteiger partial charge in [0.05, 0.1) is 0 Å². The van der Waals surface area contributed by atoms with E-state index in [-0.39, 0.29) is 98.8 Å². The first-order valence-electron chi connectivity index (χ1n) is 0. The molecule has 0 amide bonds. The summed E-state index contributed by atoms with van der Waals surface area (Å²) in [5, 5.41) is 0. The molecule has 4 heavy (non-hydrogen) atoms. The Morgan fingerprint density at radius 3 is 1.00 bits per heavy atom. The molecule has 0 aromatic carbocycles. The van der Waals surface area contributed by atoms with Crippen LogP contribution in [0, 0.1) is 0 Å². The largest absolute Gasteiger partial charge is 0 e. The van der Waals surface area contributed by atoms with Crippen LogP contribution in [-0.2, 0) is 21.7 Å². The van der Waals surface area contributed by atoms with Crippen LogP contribution in [0.4, 0.5) is 0 Å². The fourth-order valence-electron chi connectivity index (χ4n) is 0. The molecular weight excluding hydrogens is 235 g/mol. The Hall–Kier alpha value is 3.19. The smallest absolute Gasteiger partial charge is 0 e. The predicted octanol–water partition coefficient (Wildman–Crippen LogP) is -1.99. The molecule has 0 unspecified atom stereocenters. The second-order valence-electron chi connectivity index (χ2n) is 0.